The Bertz CT molecular complexity index is 493. The number of nitrogens with one attached hydrogen (secondary N) is 1. The van der Waals surface area contributed by atoms with E-state index in [2.05, 4.69) is 5.32 Å². The molecule has 0 aliphatic rings. The van der Waals surface area contributed by atoms with Crippen molar-refractivity contribution in [3.63, 3.8) is 0 Å². The van der Waals surface area contributed by atoms with Crippen molar-refractivity contribution < 1.29 is 19.1 Å². The molecule has 20 heavy (non-hydrogen) atoms. The van der Waals surface area contributed by atoms with E-state index in [-0.39, 0.29) is 17.5 Å². The summed E-state index contributed by atoms with van der Waals surface area (Å²) in [5, 5.41) is 11.0. The molecule has 0 saturated carbocycles. The van der Waals surface area contributed by atoms with Gasteiger partial charge in [0.05, 0.1) is 5.75 Å². The van der Waals surface area contributed by atoms with E-state index in [0.717, 1.165) is 17.3 Å². The number of carboxylic acid groups (broad SMARTS) is 1. The number of hydrogen-bond donors (Lipinski definition) is 2. The summed E-state index contributed by atoms with van der Waals surface area (Å²) in [6.45, 7) is 3.74. The van der Waals surface area contributed by atoms with Crippen LogP contribution in [0.25, 0.3) is 0 Å². The van der Waals surface area contributed by atoms with Crippen LogP contribution < -0.4 is 5.32 Å². The van der Waals surface area contributed by atoms with Gasteiger partial charge in [-0.2, -0.15) is 0 Å². The number of thioether (sulfide) groups is 1. The largest absolute Gasteiger partial charge is 0.480 e. The maximum Gasteiger partial charge on any atom is 0.316 e. The summed E-state index contributed by atoms with van der Waals surface area (Å²) in [4.78, 5) is 22.4. The lowest BCUT2D eigenvalue weighted by molar-refractivity contribution is -0.136. The van der Waals surface area contributed by atoms with Crippen molar-refractivity contribution in [3.05, 3.63) is 35.1 Å². The van der Waals surface area contributed by atoms with Crippen LogP contribution in [0.5, 0.6) is 0 Å². The molecule has 0 aliphatic carbocycles. The van der Waals surface area contributed by atoms with Gasteiger partial charge in [-0.3, -0.25) is 9.59 Å². The van der Waals surface area contributed by atoms with E-state index in [1.165, 1.54) is 6.07 Å². The predicted octanol–water partition coefficient (Wildman–Crippen LogP) is 2.35. The molecule has 1 rings (SSSR count). The molecule has 0 fully saturated rings. The number of carbonyl (C=O) groups is 2. The van der Waals surface area contributed by atoms with Crippen LogP contribution in [0, 0.1) is 12.7 Å². The second-order valence-electron chi connectivity index (χ2n) is 4.41. The fourth-order valence-electron chi connectivity index (χ4n) is 1.61. The Hall–Kier alpha value is -1.56. The van der Waals surface area contributed by atoms with E-state index >= 15 is 0 Å². The Morgan fingerprint density at radius 2 is 2.15 bits per heavy atom. The van der Waals surface area contributed by atoms with Crippen LogP contribution in [0.3, 0.4) is 0 Å². The molecule has 0 bridgehead atoms. The summed E-state index contributed by atoms with van der Waals surface area (Å²) in [6.07, 6.45) is 0.477. The summed E-state index contributed by atoms with van der Waals surface area (Å²) >= 11 is 1.11. The second-order valence-corrected chi connectivity index (χ2v) is 5.60. The molecule has 1 aromatic rings. The molecule has 2 N–H and O–H groups in total. The maximum atomic E-state index is 13.1. The zero-order chi connectivity index (χ0) is 15.1. The van der Waals surface area contributed by atoms with Crippen molar-refractivity contribution in [2.24, 2.45) is 0 Å². The molecule has 1 unspecified atom stereocenters. The lowest BCUT2D eigenvalue weighted by atomic mass is 10.1. The van der Waals surface area contributed by atoms with Crippen LogP contribution in [0.4, 0.5) is 4.39 Å². The summed E-state index contributed by atoms with van der Waals surface area (Å²) in [5.41, 5.74) is 1.34. The van der Waals surface area contributed by atoms with Crippen LogP contribution in [0.2, 0.25) is 0 Å². The molecular weight excluding hydrogens is 281 g/mol. The van der Waals surface area contributed by atoms with Gasteiger partial charge in [0.1, 0.15) is 11.1 Å². The van der Waals surface area contributed by atoms with Gasteiger partial charge in [0.25, 0.3) is 0 Å². The van der Waals surface area contributed by atoms with Crippen molar-refractivity contribution in [1.29, 1.82) is 0 Å². The lowest BCUT2D eigenvalue weighted by Crippen LogP contribution is -2.27. The number of aryl methyl sites for hydroxylation is 1. The van der Waals surface area contributed by atoms with Crippen LogP contribution >= 0.6 is 11.8 Å². The first-order valence-electron chi connectivity index (χ1n) is 6.30. The van der Waals surface area contributed by atoms with Crippen molar-refractivity contribution in [2.45, 2.75) is 32.1 Å². The van der Waals surface area contributed by atoms with Crippen LogP contribution in [-0.2, 0) is 16.1 Å². The van der Waals surface area contributed by atoms with Crippen LogP contribution in [0.15, 0.2) is 18.2 Å². The monoisotopic (exact) mass is 299 g/mol. The number of rotatable bonds is 7. The third-order valence-corrected chi connectivity index (χ3v) is 4.14. The van der Waals surface area contributed by atoms with Crippen molar-refractivity contribution in [3.8, 4) is 0 Å². The fraction of sp³-hybridized carbons (Fsp3) is 0.429. The summed E-state index contributed by atoms with van der Waals surface area (Å²) in [5.74, 6) is -1.30. The Morgan fingerprint density at radius 3 is 2.70 bits per heavy atom. The zero-order valence-corrected chi connectivity index (χ0v) is 12.3. The third-order valence-electron chi connectivity index (χ3n) is 2.77. The second kappa shape index (κ2) is 7.89. The minimum Gasteiger partial charge on any atom is -0.480 e. The Morgan fingerprint density at radius 1 is 1.45 bits per heavy atom. The van der Waals surface area contributed by atoms with Gasteiger partial charge in [0.15, 0.2) is 0 Å². The van der Waals surface area contributed by atoms with E-state index < -0.39 is 11.2 Å². The highest BCUT2D eigenvalue weighted by molar-refractivity contribution is 8.01. The smallest absolute Gasteiger partial charge is 0.316 e. The number of halogens is 1. The number of aliphatic carboxylic acids is 1. The Kier molecular flexibility index (Phi) is 6.51. The molecule has 0 radical (unpaired) electrons. The molecule has 0 heterocycles. The van der Waals surface area contributed by atoms with Gasteiger partial charge >= 0.3 is 5.97 Å². The molecule has 6 heteroatoms. The average molecular weight is 299 g/mol. The first-order valence-corrected chi connectivity index (χ1v) is 7.35. The van der Waals surface area contributed by atoms with Crippen LogP contribution in [0.1, 0.15) is 24.5 Å². The highest BCUT2D eigenvalue weighted by Gasteiger charge is 2.16. The predicted molar refractivity (Wildman–Crippen MR) is 77.2 cm³/mol. The molecule has 4 nitrogen and oxygen atoms in total. The van der Waals surface area contributed by atoms with Crippen molar-refractivity contribution in [1.82, 2.24) is 5.32 Å². The zero-order valence-electron chi connectivity index (χ0n) is 11.5. The minimum atomic E-state index is -0.903. The molecule has 0 aliphatic heterocycles. The molecular formula is C14H18FNO3S. The number of carbonyl (C=O) groups excluding carboxylic acids is 1. The number of hydrogen-bond acceptors (Lipinski definition) is 3. The standard InChI is InChI=1S/C14H18FNO3S/c1-3-12(14(18)19)20-8-13(17)16-7-10-4-5-11(15)9(2)6-10/h4-6,12H,3,7-8H2,1-2H3,(H,16,17)(H,18,19). The minimum absolute atomic E-state index is 0.102. The lowest BCUT2D eigenvalue weighted by Gasteiger charge is -2.10. The molecule has 0 saturated heterocycles. The quantitative estimate of drug-likeness (QED) is 0.811. The Balaban J connectivity index is 2.39. The number of carboxylic acids is 1. The van der Waals surface area contributed by atoms with E-state index in [0.29, 0.717) is 18.5 Å². The molecule has 1 atom stereocenters. The third kappa shape index (κ3) is 5.21. The molecule has 1 amide bonds. The normalized spacial score (nSPS) is 11.9. The topological polar surface area (TPSA) is 66.4 Å². The first kappa shape index (κ1) is 16.5. The summed E-state index contributed by atoms with van der Waals surface area (Å²) in [6, 6.07) is 4.65. The molecule has 110 valence electrons. The highest BCUT2D eigenvalue weighted by Crippen LogP contribution is 2.14. The Labute approximate surface area is 121 Å². The van der Waals surface area contributed by atoms with Gasteiger partial charge in [-0.1, -0.05) is 19.1 Å². The van der Waals surface area contributed by atoms with Crippen LogP contribution in [-0.4, -0.2) is 28.0 Å². The van der Waals surface area contributed by atoms with Gasteiger partial charge in [-0.05, 0) is 30.5 Å². The van der Waals surface area contributed by atoms with Gasteiger partial charge < -0.3 is 10.4 Å². The first-order chi connectivity index (χ1) is 9.43. The fourth-order valence-corrected chi connectivity index (χ4v) is 2.44. The summed E-state index contributed by atoms with van der Waals surface area (Å²) in [7, 11) is 0. The molecule has 1 aromatic carbocycles. The van der Waals surface area contributed by atoms with Gasteiger partial charge in [0.2, 0.25) is 5.91 Å². The van der Waals surface area contributed by atoms with Gasteiger partial charge in [-0.15, -0.1) is 11.8 Å². The number of amides is 1. The highest BCUT2D eigenvalue weighted by atomic mass is 32.2. The van der Waals surface area contributed by atoms with E-state index in [1.807, 2.05) is 0 Å². The molecule has 0 spiro atoms. The van der Waals surface area contributed by atoms with Gasteiger partial charge in [-0.25, -0.2) is 4.39 Å². The maximum absolute atomic E-state index is 13.1. The van der Waals surface area contributed by atoms with Gasteiger partial charge in [0, 0.05) is 6.54 Å². The van der Waals surface area contributed by atoms with E-state index in [9.17, 15) is 14.0 Å². The van der Waals surface area contributed by atoms with Crippen molar-refractivity contribution in [2.75, 3.05) is 5.75 Å². The molecule has 0 aromatic heterocycles. The average Bonchev–Trinajstić information content (AvgIpc) is 2.40. The summed E-state index contributed by atoms with van der Waals surface area (Å²) < 4.78 is 13.1. The van der Waals surface area contributed by atoms with Crippen molar-refractivity contribution >= 4 is 23.6 Å². The number of benzene rings is 1. The SMILES string of the molecule is CCC(SCC(=O)NCc1ccc(F)c(C)c1)C(=O)O. The van der Waals surface area contributed by atoms with E-state index in [1.54, 1.807) is 26.0 Å². The van der Waals surface area contributed by atoms with E-state index in [4.69, 9.17) is 5.11 Å².